The quantitative estimate of drug-likeness (QED) is 0.872. The zero-order valence-electron chi connectivity index (χ0n) is 10.6. The van der Waals surface area contributed by atoms with Gasteiger partial charge in [-0.3, -0.25) is 0 Å². The van der Waals surface area contributed by atoms with Crippen LogP contribution in [0.5, 0.6) is 0 Å². The molecule has 0 aromatic heterocycles. The van der Waals surface area contributed by atoms with Gasteiger partial charge in [0, 0.05) is 6.04 Å². The van der Waals surface area contributed by atoms with Crippen molar-refractivity contribution >= 4 is 10.8 Å². The molecule has 0 saturated heterocycles. The Morgan fingerprint density at radius 1 is 1.06 bits per heavy atom. The van der Waals surface area contributed by atoms with Crippen molar-refractivity contribution in [2.45, 2.75) is 12.5 Å². The minimum atomic E-state index is 0.114. The van der Waals surface area contributed by atoms with Crippen molar-refractivity contribution in [1.82, 2.24) is 4.90 Å². The first-order valence-electron chi connectivity index (χ1n) is 6.06. The molecule has 0 aliphatic heterocycles. The van der Waals surface area contributed by atoms with Gasteiger partial charge in [-0.1, -0.05) is 42.5 Å². The summed E-state index contributed by atoms with van der Waals surface area (Å²) < 4.78 is 0. The van der Waals surface area contributed by atoms with E-state index in [1.54, 1.807) is 0 Å². The summed E-state index contributed by atoms with van der Waals surface area (Å²) in [5.74, 6) is 0. The Hall–Kier alpha value is -1.38. The molecule has 2 rings (SSSR count). The molecule has 0 amide bonds. The Labute approximate surface area is 103 Å². The van der Waals surface area contributed by atoms with Gasteiger partial charge >= 0.3 is 0 Å². The second kappa shape index (κ2) is 5.30. The van der Waals surface area contributed by atoms with Crippen molar-refractivity contribution in [3.05, 3.63) is 48.0 Å². The van der Waals surface area contributed by atoms with Crippen molar-refractivity contribution in [2.24, 2.45) is 5.73 Å². The summed E-state index contributed by atoms with van der Waals surface area (Å²) in [6.07, 6.45) is 0.987. The molecule has 0 aliphatic rings. The second-order valence-electron chi connectivity index (χ2n) is 4.77. The molecule has 0 radical (unpaired) electrons. The van der Waals surface area contributed by atoms with Crippen LogP contribution in [0, 0.1) is 0 Å². The summed E-state index contributed by atoms with van der Waals surface area (Å²) in [6, 6.07) is 14.9. The molecule has 0 bridgehead atoms. The Balaban J connectivity index is 2.28. The Kier molecular flexibility index (Phi) is 3.77. The molecule has 17 heavy (non-hydrogen) atoms. The van der Waals surface area contributed by atoms with Crippen LogP contribution in [0.1, 0.15) is 18.0 Å². The van der Waals surface area contributed by atoms with Gasteiger partial charge in [0.05, 0.1) is 0 Å². The fourth-order valence-corrected chi connectivity index (χ4v) is 2.13. The topological polar surface area (TPSA) is 29.3 Å². The van der Waals surface area contributed by atoms with E-state index >= 15 is 0 Å². The number of rotatable bonds is 4. The maximum absolute atomic E-state index is 6.28. The Bertz CT molecular complexity index is 486. The molecule has 90 valence electrons. The lowest BCUT2D eigenvalue weighted by molar-refractivity contribution is 0.383. The first-order chi connectivity index (χ1) is 8.18. The second-order valence-corrected chi connectivity index (χ2v) is 4.77. The van der Waals surface area contributed by atoms with E-state index in [0.29, 0.717) is 0 Å². The molecule has 0 unspecified atom stereocenters. The van der Waals surface area contributed by atoms with Crippen molar-refractivity contribution in [3.8, 4) is 0 Å². The highest BCUT2D eigenvalue weighted by Crippen LogP contribution is 2.24. The van der Waals surface area contributed by atoms with Gasteiger partial charge in [-0.25, -0.2) is 0 Å². The summed E-state index contributed by atoms with van der Waals surface area (Å²) in [6.45, 7) is 1.02. The van der Waals surface area contributed by atoms with E-state index in [0.717, 1.165) is 13.0 Å². The van der Waals surface area contributed by atoms with E-state index < -0.39 is 0 Å². The molecule has 2 nitrogen and oxygen atoms in total. The van der Waals surface area contributed by atoms with Crippen molar-refractivity contribution in [2.75, 3.05) is 20.6 Å². The lowest BCUT2D eigenvalue weighted by atomic mass is 9.97. The normalized spacial score (nSPS) is 13.2. The van der Waals surface area contributed by atoms with Crippen LogP contribution < -0.4 is 5.73 Å². The summed E-state index contributed by atoms with van der Waals surface area (Å²) in [5.41, 5.74) is 7.54. The van der Waals surface area contributed by atoms with Crippen LogP contribution in [0.15, 0.2) is 42.5 Å². The van der Waals surface area contributed by atoms with Crippen LogP contribution in [-0.4, -0.2) is 25.5 Å². The van der Waals surface area contributed by atoms with Crippen molar-refractivity contribution < 1.29 is 0 Å². The molecule has 1 atom stereocenters. The standard InChI is InChI=1S/C15H20N2/c1-17(2)11-10-15(16)14-9-5-7-12-6-3-4-8-13(12)14/h3-9,15H,10-11,16H2,1-2H3/t15-/m0/s1. The van der Waals surface area contributed by atoms with E-state index in [-0.39, 0.29) is 6.04 Å². The molecule has 2 aromatic rings. The predicted octanol–water partition coefficient (Wildman–Crippen LogP) is 2.79. The molecule has 0 aliphatic carbocycles. The van der Waals surface area contributed by atoms with Crippen LogP contribution >= 0.6 is 0 Å². The zero-order valence-corrected chi connectivity index (χ0v) is 10.6. The number of hydrogen-bond donors (Lipinski definition) is 1. The number of fused-ring (bicyclic) bond motifs is 1. The van der Waals surface area contributed by atoms with Gasteiger partial charge in [0.2, 0.25) is 0 Å². The third-order valence-electron chi connectivity index (χ3n) is 3.11. The van der Waals surface area contributed by atoms with E-state index in [2.05, 4.69) is 61.5 Å². The van der Waals surface area contributed by atoms with E-state index in [1.807, 2.05) is 0 Å². The number of hydrogen-bond acceptors (Lipinski definition) is 2. The molecule has 0 heterocycles. The van der Waals surface area contributed by atoms with Gasteiger partial charge in [-0.15, -0.1) is 0 Å². The molecule has 2 N–H and O–H groups in total. The van der Waals surface area contributed by atoms with Gasteiger partial charge in [0.25, 0.3) is 0 Å². The third kappa shape index (κ3) is 2.84. The number of benzene rings is 2. The number of nitrogens with two attached hydrogens (primary N) is 1. The fraction of sp³-hybridized carbons (Fsp3) is 0.333. The first kappa shape index (κ1) is 12.1. The van der Waals surface area contributed by atoms with Crippen LogP contribution in [0.4, 0.5) is 0 Å². The Morgan fingerprint density at radius 2 is 1.76 bits per heavy atom. The Morgan fingerprint density at radius 3 is 2.53 bits per heavy atom. The minimum absolute atomic E-state index is 0.114. The fourth-order valence-electron chi connectivity index (χ4n) is 2.13. The zero-order chi connectivity index (χ0) is 12.3. The molecule has 2 heteroatoms. The monoisotopic (exact) mass is 228 g/mol. The molecule has 2 aromatic carbocycles. The van der Waals surface area contributed by atoms with E-state index in [1.165, 1.54) is 16.3 Å². The van der Waals surface area contributed by atoms with Gasteiger partial charge in [0.1, 0.15) is 0 Å². The smallest absolute Gasteiger partial charge is 0.0313 e. The average molecular weight is 228 g/mol. The highest BCUT2D eigenvalue weighted by atomic mass is 15.0. The van der Waals surface area contributed by atoms with Gasteiger partial charge < -0.3 is 10.6 Å². The van der Waals surface area contributed by atoms with E-state index in [4.69, 9.17) is 5.73 Å². The van der Waals surface area contributed by atoms with Crippen LogP contribution in [0.2, 0.25) is 0 Å². The summed E-state index contributed by atoms with van der Waals surface area (Å²) in [5, 5.41) is 2.55. The van der Waals surface area contributed by atoms with Gasteiger partial charge in [-0.2, -0.15) is 0 Å². The van der Waals surface area contributed by atoms with Crippen LogP contribution in [-0.2, 0) is 0 Å². The minimum Gasteiger partial charge on any atom is -0.324 e. The number of nitrogens with zero attached hydrogens (tertiary/aromatic N) is 1. The summed E-state index contributed by atoms with van der Waals surface area (Å²) >= 11 is 0. The van der Waals surface area contributed by atoms with Gasteiger partial charge in [0.15, 0.2) is 0 Å². The lowest BCUT2D eigenvalue weighted by Crippen LogP contribution is -2.20. The SMILES string of the molecule is CN(C)CC[C@H](N)c1cccc2ccccc12. The molecular weight excluding hydrogens is 208 g/mol. The molecule has 0 saturated carbocycles. The van der Waals surface area contributed by atoms with Crippen molar-refractivity contribution in [1.29, 1.82) is 0 Å². The molecule has 0 fully saturated rings. The highest BCUT2D eigenvalue weighted by molar-refractivity contribution is 5.86. The highest BCUT2D eigenvalue weighted by Gasteiger charge is 2.09. The molecule has 0 spiro atoms. The first-order valence-corrected chi connectivity index (χ1v) is 6.06. The lowest BCUT2D eigenvalue weighted by Gasteiger charge is -2.17. The maximum Gasteiger partial charge on any atom is 0.0313 e. The largest absolute Gasteiger partial charge is 0.324 e. The van der Waals surface area contributed by atoms with E-state index in [9.17, 15) is 0 Å². The summed E-state index contributed by atoms with van der Waals surface area (Å²) in [4.78, 5) is 2.17. The predicted molar refractivity (Wildman–Crippen MR) is 74.0 cm³/mol. The maximum atomic E-state index is 6.28. The van der Waals surface area contributed by atoms with Crippen molar-refractivity contribution in [3.63, 3.8) is 0 Å². The van der Waals surface area contributed by atoms with Crippen LogP contribution in [0.25, 0.3) is 10.8 Å². The average Bonchev–Trinajstić information content (AvgIpc) is 2.35. The van der Waals surface area contributed by atoms with Crippen LogP contribution in [0.3, 0.4) is 0 Å². The summed E-state index contributed by atoms with van der Waals surface area (Å²) in [7, 11) is 4.16. The van der Waals surface area contributed by atoms with Gasteiger partial charge in [-0.05, 0) is 43.4 Å². The molecular formula is C15H20N2. The third-order valence-corrected chi connectivity index (χ3v) is 3.11.